The number of furan rings is 1. The van der Waals surface area contributed by atoms with Crippen LogP contribution >= 0.6 is 23.1 Å². The fourth-order valence-electron chi connectivity index (χ4n) is 6.32. The largest absolute Gasteiger partial charge is 0.463 e. The van der Waals surface area contributed by atoms with Gasteiger partial charge in [-0.25, -0.2) is 8.78 Å². The number of aromatic amines is 2. The lowest BCUT2D eigenvalue weighted by Gasteiger charge is -2.30. The SMILES string of the molecule is O=c1[nH]c(OC[C@@]23CCCN2C/C(=C\F)C3)nc2oc3c(-c4c(C5(F)CC5)c(Cl)cc5[nH]ncc45)nsc3c12. The third-order valence-corrected chi connectivity index (χ3v) is 9.48. The van der Waals surface area contributed by atoms with Crippen LogP contribution in [0, 0.1) is 0 Å². The van der Waals surface area contributed by atoms with Crippen molar-refractivity contribution in [2.45, 2.75) is 43.3 Å². The molecule has 9 nitrogen and oxygen atoms in total. The number of benzene rings is 1. The van der Waals surface area contributed by atoms with Crippen LogP contribution in [0.2, 0.25) is 5.02 Å². The zero-order chi connectivity index (χ0) is 26.5. The molecule has 3 aliphatic rings. The molecule has 8 rings (SSSR count). The Kier molecular flexibility index (Phi) is 4.88. The molecule has 0 unspecified atom stereocenters. The molecule has 1 atom stereocenters. The van der Waals surface area contributed by atoms with Gasteiger partial charge in [-0.05, 0) is 61.8 Å². The Labute approximate surface area is 228 Å². The van der Waals surface area contributed by atoms with Gasteiger partial charge in [0.2, 0.25) is 5.71 Å². The molecule has 6 heterocycles. The van der Waals surface area contributed by atoms with Gasteiger partial charge in [0.15, 0.2) is 5.58 Å². The molecule has 2 aliphatic heterocycles. The minimum absolute atomic E-state index is 0.0312. The maximum Gasteiger partial charge on any atom is 0.299 e. The molecule has 200 valence electrons. The molecule has 0 radical (unpaired) electrons. The molecule has 0 spiro atoms. The van der Waals surface area contributed by atoms with Gasteiger partial charge in [-0.2, -0.15) is 14.5 Å². The minimum Gasteiger partial charge on any atom is -0.463 e. The van der Waals surface area contributed by atoms with E-state index >= 15 is 4.39 Å². The summed E-state index contributed by atoms with van der Waals surface area (Å²) >= 11 is 7.65. The number of fused-ring (bicyclic) bond motifs is 5. The van der Waals surface area contributed by atoms with Crippen LogP contribution in [0.5, 0.6) is 6.01 Å². The smallest absolute Gasteiger partial charge is 0.299 e. The molecular weight excluding hydrogens is 550 g/mol. The molecular formula is C26H21ClF2N6O3S. The average Bonchev–Trinajstić information content (AvgIpc) is 3.43. The highest BCUT2D eigenvalue weighted by Crippen LogP contribution is 2.57. The number of hydrogen-bond donors (Lipinski definition) is 2. The Morgan fingerprint density at radius 2 is 2.21 bits per heavy atom. The third-order valence-electron chi connectivity index (χ3n) is 8.33. The molecule has 5 aromatic rings. The van der Waals surface area contributed by atoms with Gasteiger partial charge in [-0.15, -0.1) is 0 Å². The first-order chi connectivity index (χ1) is 18.9. The summed E-state index contributed by atoms with van der Waals surface area (Å²) in [7, 11) is 0. The molecule has 4 aromatic heterocycles. The number of H-pyrrole nitrogens is 2. The Hall–Kier alpha value is -3.35. The van der Waals surface area contributed by atoms with Gasteiger partial charge in [0, 0.05) is 28.1 Å². The second-order valence-corrected chi connectivity index (χ2v) is 11.9. The van der Waals surface area contributed by atoms with E-state index in [2.05, 4.69) is 29.4 Å². The second-order valence-electron chi connectivity index (χ2n) is 10.7. The summed E-state index contributed by atoms with van der Waals surface area (Å²) in [6, 6.07) is 1.70. The summed E-state index contributed by atoms with van der Waals surface area (Å²) in [4.78, 5) is 22.6. The third kappa shape index (κ3) is 3.37. The minimum atomic E-state index is -1.55. The standard InChI is InChI=1S/C26H21ClF2N6O3S/c27-14-6-15-13(9-30-33-15)16(18(14)26(29)3-4-26)19-20-21(39-34-19)17-22(36)31-24(32-23(17)38-20)37-11-25-2-1-5-35(25)10-12(7-25)8-28/h6,8-9H,1-5,7,10-11H2,(H,30,33)(H,31,32,36)/b12-8-/t25-/m0/s1. The fraction of sp³-hybridized carbons (Fsp3) is 0.385. The molecule has 0 bridgehead atoms. The first-order valence-corrected chi connectivity index (χ1v) is 13.9. The molecule has 2 saturated heterocycles. The number of aromatic nitrogens is 5. The molecule has 2 N–H and O–H groups in total. The van der Waals surface area contributed by atoms with Crippen molar-refractivity contribution in [1.29, 1.82) is 0 Å². The number of nitrogens with zero attached hydrogens (tertiary/aromatic N) is 4. The van der Waals surface area contributed by atoms with Crippen molar-refractivity contribution in [2.75, 3.05) is 19.7 Å². The lowest BCUT2D eigenvalue weighted by molar-refractivity contribution is 0.107. The van der Waals surface area contributed by atoms with Crippen LogP contribution in [0.1, 0.15) is 37.7 Å². The van der Waals surface area contributed by atoms with E-state index in [-0.39, 0.29) is 34.3 Å². The van der Waals surface area contributed by atoms with Crippen molar-refractivity contribution in [2.24, 2.45) is 0 Å². The molecule has 0 amide bonds. The highest BCUT2D eigenvalue weighted by atomic mass is 35.5. The summed E-state index contributed by atoms with van der Waals surface area (Å²) in [6.07, 6.45) is 5.49. The molecule has 1 aliphatic carbocycles. The summed E-state index contributed by atoms with van der Waals surface area (Å²) in [6.45, 7) is 1.73. The van der Waals surface area contributed by atoms with Gasteiger partial charge in [-0.3, -0.25) is 19.8 Å². The Morgan fingerprint density at radius 1 is 1.33 bits per heavy atom. The fourth-order valence-corrected chi connectivity index (χ4v) is 7.55. The first-order valence-electron chi connectivity index (χ1n) is 12.7. The molecule has 39 heavy (non-hydrogen) atoms. The number of halogens is 3. The van der Waals surface area contributed by atoms with E-state index in [4.69, 9.17) is 20.8 Å². The predicted octanol–water partition coefficient (Wildman–Crippen LogP) is 5.75. The molecule has 1 aromatic carbocycles. The van der Waals surface area contributed by atoms with Crippen LogP contribution in [0.15, 0.2) is 33.4 Å². The lowest BCUT2D eigenvalue weighted by Crippen LogP contribution is -2.43. The first kappa shape index (κ1) is 23.5. The van der Waals surface area contributed by atoms with E-state index in [0.717, 1.165) is 36.5 Å². The zero-order valence-corrected chi connectivity index (χ0v) is 22.0. The molecule has 1 saturated carbocycles. The van der Waals surface area contributed by atoms with Gasteiger partial charge in [0.05, 0.1) is 23.6 Å². The van der Waals surface area contributed by atoms with Crippen LogP contribution in [-0.4, -0.2) is 54.7 Å². The van der Waals surface area contributed by atoms with Gasteiger partial charge in [-0.1, -0.05) is 11.6 Å². The van der Waals surface area contributed by atoms with Crippen molar-refractivity contribution >= 4 is 55.4 Å². The Bertz CT molecular complexity index is 1910. The molecule has 13 heteroatoms. The highest BCUT2D eigenvalue weighted by molar-refractivity contribution is 7.14. The maximum atomic E-state index is 15.6. The van der Waals surface area contributed by atoms with E-state index in [0.29, 0.717) is 70.1 Å². The number of ether oxygens (including phenoxy) is 1. The van der Waals surface area contributed by atoms with Crippen molar-refractivity contribution in [3.63, 3.8) is 0 Å². The predicted molar refractivity (Wildman–Crippen MR) is 143 cm³/mol. The quantitative estimate of drug-likeness (QED) is 0.276. The van der Waals surface area contributed by atoms with Crippen LogP contribution in [0.25, 0.3) is 43.5 Å². The topological polar surface area (TPSA) is 113 Å². The summed E-state index contributed by atoms with van der Waals surface area (Å²) in [5.41, 5.74) is 0.776. The highest BCUT2D eigenvalue weighted by Gasteiger charge is 2.49. The van der Waals surface area contributed by atoms with Crippen molar-refractivity contribution in [1.82, 2.24) is 29.4 Å². The Morgan fingerprint density at radius 3 is 3.03 bits per heavy atom. The second kappa shape index (κ2) is 8.09. The van der Waals surface area contributed by atoms with E-state index in [1.807, 2.05) is 0 Å². The maximum absolute atomic E-state index is 15.6. The van der Waals surface area contributed by atoms with Gasteiger partial charge < -0.3 is 9.15 Å². The van der Waals surface area contributed by atoms with Gasteiger partial charge in [0.1, 0.15) is 28.1 Å². The normalized spacial score (nSPS) is 23.5. The van der Waals surface area contributed by atoms with Crippen LogP contribution < -0.4 is 10.3 Å². The van der Waals surface area contributed by atoms with E-state index in [9.17, 15) is 9.18 Å². The van der Waals surface area contributed by atoms with Crippen molar-refractivity contribution < 1.29 is 17.9 Å². The monoisotopic (exact) mass is 570 g/mol. The molecule has 3 fully saturated rings. The van der Waals surface area contributed by atoms with Crippen LogP contribution in [0.3, 0.4) is 0 Å². The van der Waals surface area contributed by atoms with E-state index in [1.165, 1.54) is 0 Å². The summed E-state index contributed by atoms with van der Waals surface area (Å²) in [5.74, 6) is 0. The number of alkyl halides is 1. The summed E-state index contributed by atoms with van der Waals surface area (Å²) in [5, 5.41) is 8.20. The van der Waals surface area contributed by atoms with Crippen molar-refractivity contribution in [3.05, 3.63) is 45.1 Å². The van der Waals surface area contributed by atoms with Gasteiger partial charge in [0.25, 0.3) is 11.6 Å². The van der Waals surface area contributed by atoms with Gasteiger partial charge >= 0.3 is 0 Å². The summed E-state index contributed by atoms with van der Waals surface area (Å²) < 4.78 is 46.0. The van der Waals surface area contributed by atoms with Crippen LogP contribution in [-0.2, 0) is 5.67 Å². The number of nitrogens with one attached hydrogen (secondary N) is 2. The van der Waals surface area contributed by atoms with Crippen molar-refractivity contribution in [3.8, 4) is 17.3 Å². The zero-order valence-electron chi connectivity index (χ0n) is 20.4. The van der Waals surface area contributed by atoms with Crippen LogP contribution in [0.4, 0.5) is 8.78 Å². The lowest BCUT2D eigenvalue weighted by atomic mass is 9.94. The van der Waals surface area contributed by atoms with E-state index in [1.54, 1.807) is 12.3 Å². The Balaban J connectivity index is 1.22. The average molecular weight is 571 g/mol. The van der Waals surface area contributed by atoms with E-state index < -0.39 is 11.2 Å². The number of rotatable bonds is 5. The number of hydrogen-bond acceptors (Lipinski definition) is 8.